The molecule has 18 heavy (non-hydrogen) atoms. The van der Waals surface area contributed by atoms with E-state index < -0.39 is 0 Å². The summed E-state index contributed by atoms with van der Waals surface area (Å²) in [5.74, 6) is 0. The first-order valence-electron chi connectivity index (χ1n) is 7.22. The molecule has 0 spiro atoms. The van der Waals surface area contributed by atoms with Gasteiger partial charge in [-0.25, -0.2) is 0 Å². The van der Waals surface area contributed by atoms with Crippen molar-refractivity contribution in [2.75, 3.05) is 24.5 Å². The van der Waals surface area contributed by atoms with E-state index in [0.717, 1.165) is 19.6 Å². The highest BCUT2D eigenvalue weighted by molar-refractivity contribution is 5.48. The quantitative estimate of drug-likeness (QED) is 0.756. The lowest BCUT2D eigenvalue weighted by Crippen LogP contribution is -2.36. The Morgan fingerprint density at radius 3 is 2.67 bits per heavy atom. The van der Waals surface area contributed by atoms with E-state index in [2.05, 4.69) is 62.2 Å². The summed E-state index contributed by atoms with van der Waals surface area (Å²) in [4.78, 5) is 2.43. The molecule has 0 aliphatic carbocycles. The van der Waals surface area contributed by atoms with E-state index in [0.29, 0.717) is 6.04 Å². The number of rotatable bonds is 8. The Balaban J connectivity index is 2.43. The first-order valence-corrected chi connectivity index (χ1v) is 7.22. The second kappa shape index (κ2) is 8.15. The van der Waals surface area contributed by atoms with Crippen LogP contribution < -0.4 is 10.2 Å². The highest BCUT2D eigenvalue weighted by Crippen LogP contribution is 2.15. The van der Waals surface area contributed by atoms with E-state index >= 15 is 0 Å². The summed E-state index contributed by atoms with van der Waals surface area (Å²) in [5.41, 5.74) is 2.67. The molecule has 1 atom stereocenters. The first kappa shape index (κ1) is 15.0. The summed E-state index contributed by atoms with van der Waals surface area (Å²) in [6.45, 7) is 12.1. The number of nitrogens with one attached hydrogen (secondary N) is 1. The first-order chi connectivity index (χ1) is 8.67. The lowest BCUT2D eigenvalue weighted by Gasteiger charge is -2.24. The molecular weight excluding hydrogens is 220 g/mol. The average Bonchev–Trinajstić information content (AvgIpc) is 2.35. The third-order valence-electron chi connectivity index (χ3n) is 3.34. The second-order valence-electron chi connectivity index (χ2n) is 5.06. The predicted molar refractivity (Wildman–Crippen MR) is 81.4 cm³/mol. The molecule has 1 aromatic rings. The van der Waals surface area contributed by atoms with Gasteiger partial charge >= 0.3 is 0 Å². The van der Waals surface area contributed by atoms with Crippen LogP contribution in [0.15, 0.2) is 24.3 Å². The zero-order valence-electron chi connectivity index (χ0n) is 12.4. The summed E-state index contributed by atoms with van der Waals surface area (Å²) in [5, 5.41) is 3.59. The van der Waals surface area contributed by atoms with Gasteiger partial charge in [-0.15, -0.1) is 0 Å². The topological polar surface area (TPSA) is 15.3 Å². The van der Waals surface area contributed by atoms with Crippen LogP contribution in [0.3, 0.4) is 0 Å². The number of likely N-dealkylation sites (N-methyl/N-ethyl adjacent to an activating group) is 1. The van der Waals surface area contributed by atoms with Crippen LogP contribution >= 0.6 is 0 Å². The van der Waals surface area contributed by atoms with Crippen LogP contribution in [-0.2, 0) is 0 Å². The van der Waals surface area contributed by atoms with Gasteiger partial charge in [0.1, 0.15) is 0 Å². The van der Waals surface area contributed by atoms with Crippen molar-refractivity contribution >= 4 is 5.69 Å². The van der Waals surface area contributed by atoms with Crippen molar-refractivity contribution in [3.05, 3.63) is 29.8 Å². The Bertz CT molecular complexity index is 336. The molecular formula is C16H28N2. The molecule has 0 radical (unpaired) electrons. The standard InChI is InChI=1S/C16H28N2/c1-5-8-15(4)17-11-12-18(6-2)16-10-7-9-14(3)13-16/h7,9-10,13,15,17H,5-6,8,11-12H2,1-4H3. The summed E-state index contributed by atoms with van der Waals surface area (Å²) in [6.07, 6.45) is 2.51. The zero-order chi connectivity index (χ0) is 13.4. The van der Waals surface area contributed by atoms with Crippen molar-refractivity contribution in [2.45, 2.75) is 46.6 Å². The van der Waals surface area contributed by atoms with Gasteiger partial charge in [0, 0.05) is 31.4 Å². The Morgan fingerprint density at radius 2 is 2.06 bits per heavy atom. The molecule has 2 nitrogen and oxygen atoms in total. The predicted octanol–water partition coefficient (Wildman–Crippen LogP) is 3.60. The van der Waals surface area contributed by atoms with Gasteiger partial charge in [0.05, 0.1) is 0 Å². The normalized spacial score (nSPS) is 12.4. The minimum absolute atomic E-state index is 0.631. The van der Waals surface area contributed by atoms with Gasteiger partial charge < -0.3 is 10.2 Å². The summed E-state index contributed by atoms with van der Waals surface area (Å²) in [6, 6.07) is 9.39. The Kier molecular flexibility index (Phi) is 6.81. The fraction of sp³-hybridized carbons (Fsp3) is 0.625. The molecule has 0 bridgehead atoms. The van der Waals surface area contributed by atoms with Gasteiger partial charge in [0.25, 0.3) is 0 Å². The van der Waals surface area contributed by atoms with Gasteiger partial charge in [-0.3, -0.25) is 0 Å². The van der Waals surface area contributed by atoms with E-state index in [1.807, 2.05) is 0 Å². The molecule has 102 valence electrons. The summed E-state index contributed by atoms with van der Waals surface area (Å²) in [7, 11) is 0. The van der Waals surface area contributed by atoms with E-state index in [4.69, 9.17) is 0 Å². The highest BCUT2D eigenvalue weighted by atomic mass is 15.1. The number of hydrogen-bond acceptors (Lipinski definition) is 2. The molecule has 1 rings (SSSR count). The Labute approximate surface area is 112 Å². The summed E-state index contributed by atoms with van der Waals surface area (Å²) < 4.78 is 0. The summed E-state index contributed by atoms with van der Waals surface area (Å²) >= 11 is 0. The van der Waals surface area contributed by atoms with Crippen LogP contribution in [0, 0.1) is 6.92 Å². The molecule has 1 aromatic carbocycles. The van der Waals surface area contributed by atoms with Gasteiger partial charge in [0.15, 0.2) is 0 Å². The molecule has 0 aliphatic heterocycles. The van der Waals surface area contributed by atoms with Crippen molar-refractivity contribution in [2.24, 2.45) is 0 Å². The fourth-order valence-electron chi connectivity index (χ4n) is 2.28. The van der Waals surface area contributed by atoms with Crippen LogP contribution in [0.5, 0.6) is 0 Å². The van der Waals surface area contributed by atoms with E-state index in [1.54, 1.807) is 0 Å². The fourth-order valence-corrected chi connectivity index (χ4v) is 2.28. The number of anilines is 1. The van der Waals surface area contributed by atoms with Crippen LogP contribution in [0.1, 0.15) is 39.2 Å². The minimum Gasteiger partial charge on any atom is -0.371 e. The minimum atomic E-state index is 0.631. The molecule has 0 aromatic heterocycles. The molecule has 0 heterocycles. The SMILES string of the molecule is CCCC(C)NCCN(CC)c1cccc(C)c1. The maximum Gasteiger partial charge on any atom is 0.0369 e. The molecule has 0 amide bonds. The van der Waals surface area contributed by atoms with Crippen molar-refractivity contribution in [3.8, 4) is 0 Å². The Hall–Kier alpha value is -1.02. The zero-order valence-corrected chi connectivity index (χ0v) is 12.4. The number of aryl methyl sites for hydroxylation is 1. The van der Waals surface area contributed by atoms with Crippen LogP contribution in [0.25, 0.3) is 0 Å². The number of nitrogens with zero attached hydrogens (tertiary/aromatic N) is 1. The third-order valence-corrected chi connectivity index (χ3v) is 3.34. The van der Waals surface area contributed by atoms with Crippen molar-refractivity contribution < 1.29 is 0 Å². The molecule has 2 heteroatoms. The highest BCUT2D eigenvalue weighted by Gasteiger charge is 2.05. The van der Waals surface area contributed by atoms with Crippen LogP contribution in [-0.4, -0.2) is 25.7 Å². The van der Waals surface area contributed by atoms with E-state index in [9.17, 15) is 0 Å². The molecule has 0 saturated carbocycles. The molecule has 1 N–H and O–H groups in total. The van der Waals surface area contributed by atoms with E-state index in [-0.39, 0.29) is 0 Å². The third kappa shape index (κ3) is 5.09. The number of benzene rings is 1. The maximum atomic E-state index is 3.59. The lowest BCUT2D eigenvalue weighted by atomic mass is 10.2. The molecule has 0 saturated heterocycles. The molecule has 1 unspecified atom stereocenters. The maximum absolute atomic E-state index is 3.59. The number of hydrogen-bond donors (Lipinski definition) is 1. The van der Waals surface area contributed by atoms with Gasteiger partial charge in [0.2, 0.25) is 0 Å². The second-order valence-corrected chi connectivity index (χ2v) is 5.06. The average molecular weight is 248 g/mol. The molecule has 0 aliphatic rings. The largest absolute Gasteiger partial charge is 0.371 e. The smallest absolute Gasteiger partial charge is 0.0369 e. The van der Waals surface area contributed by atoms with Gasteiger partial charge in [-0.05, 0) is 44.9 Å². The van der Waals surface area contributed by atoms with Crippen molar-refractivity contribution in [1.29, 1.82) is 0 Å². The van der Waals surface area contributed by atoms with Crippen molar-refractivity contribution in [3.63, 3.8) is 0 Å². The van der Waals surface area contributed by atoms with Crippen LogP contribution in [0.4, 0.5) is 5.69 Å². The van der Waals surface area contributed by atoms with Crippen molar-refractivity contribution in [1.82, 2.24) is 5.32 Å². The van der Waals surface area contributed by atoms with Gasteiger partial charge in [-0.2, -0.15) is 0 Å². The van der Waals surface area contributed by atoms with Gasteiger partial charge in [-0.1, -0.05) is 25.5 Å². The Morgan fingerprint density at radius 1 is 1.28 bits per heavy atom. The monoisotopic (exact) mass is 248 g/mol. The molecule has 0 fully saturated rings. The lowest BCUT2D eigenvalue weighted by molar-refractivity contribution is 0.510. The van der Waals surface area contributed by atoms with Crippen LogP contribution in [0.2, 0.25) is 0 Å². The van der Waals surface area contributed by atoms with E-state index in [1.165, 1.54) is 24.1 Å².